The second-order valence-electron chi connectivity index (χ2n) is 5.72. The molecule has 5 nitrogen and oxygen atoms in total. The number of urea groups is 1. The van der Waals surface area contributed by atoms with Gasteiger partial charge >= 0.3 is 6.03 Å². The highest BCUT2D eigenvalue weighted by molar-refractivity contribution is 5.74. The van der Waals surface area contributed by atoms with Crippen LogP contribution in [0.4, 0.5) is 4.79 Å². The maximum atomic E-state index is 12.2. The molecule has 0 spiro atoms. The molecule has 1 aromatic rings. The minimum absolute atomic E-state index is 0.00431. The third-order valence-electron chi connectivity index (χ3n) is 4.11. The summed E-state index contributed by atoms with van der Waals surface area (Å²) in [6, 6.07) is 7.93. The van der Waals surface area contributed by atoms with E-state index in [0.29, 0.717) is 19.2 Å². The highest BCUT2D eigenvalue weighted by atomic mass is 16.6. The highest BCUT2D eigenvalue weighted by Crippen LogP contribution is 2.30. The number of nitrogens with zero attached hydrogens (tertiary/aromatic N) is 1. The molecule has 3 rings (SSSR count). The Bertz CT molecular complexity index is 506. The van der Waals surface area contributed by atoms with Gasteiger partial charge < -0.3 is 19.7 Å². The monoisotopic (exact) mass is 290 g/mol. The number of carbonyl (C=O) groups excluding carboxylic acids is 1. The Hall–Kier alpha value is -1.91. The van der Waals surface area contributed by atoms with E-state index in [1.165, 1.54) is 6.42 Å². The van der Waals surface area contributed by atoms with Gasteiger partial charge in [0.15, 0.2) is 17.6 Å². The summed E-state index contributed by atoms with van der Waals surface area (Å²) >= 11 is 0. The lowest BCUT2D eigenvalue weighted by Crippen LogP contribution is -2.50. The zero-order valence-corrected chi connectivity index (χ0v) is 12.4. The smallest absolute Gasteiger partial charge is 0.317 e. The van der Waals surface area contributed by atoms with E-state index >= 15 is 0 Å². The molecule has 2 atom stereocenters. The molecule has 5 heteroatoms. The van der Waals surface area contributed by atoms with Gasteiger partial charge in [-0.1, -0.05) is 12.1 Å². The summed E-state index contributed by atoms with van der Waals surface area (Å²) in [7, 11) is 0. The van der Waals surface area contributed by atoms with Crippen molar-refractivity contribution >= 4 is 6.03 Å². The number of nitrogens with one attached hydrogen (secondary N) is 1. The molecular formula is C16H22N2O3. The van der Waals surface area contributed by atoms with Gasteiger partial charge in [-0.05, 0) is 38.3 Å². The van der Waals surface area contributed by atoms with Gasteiger partial charge in [0.2, 0.25) is 0 Å². The molecule has 2 aliphatic heterocycles. The molecule has 2 unspecified atom stereocenters. The van der Waals surface area contributed by atoms with E-state index < -0.39 is 0 Å². The predicted octanol–water partition coefficient (Wildman–Crippen LogP) is 2.41. The van der Waals surface area contributed by atoms with Crippen molar-refractivity contribution in [3.8, 4) is 11.5 Å². The first kappa shape index (κ1) is 14.0. The molecule has 0 radical (unpaired) electrons. The molecule has 0 aromatic heterocycles. The molecule has 0 bridgehead atoms. The normalized spacial score (nSPS) is 24.5. The summed E-state index contributed by atoms with van der Waals surface area (Å²) in [5.74, 6) is 1.51. The lowest BCUT2D eigenvalue weighted by molar-refractivity contribution is 0.0882. The molecule has 2 heterocycles. The van der Waals surface area contributed by atoms with Gasteiger partial charge in [0.1, 0.15) is 6.61 Å². The van der Waals surface area contributed by atoms with E-state index in [1.807, 2.05) is 29.2 Å². The molecule has 21 heavy (non-hydrogen) atoms. The minimum atomic E-state index is -0.135. The number of hydrogen-bond acceptors (Lipinski definition) is 3. The third kappa shape index (κ3) is 3.23. The second-order valence-corrected chi connectivity index (χ2v) is 5.72. The predicted molar refractivity (Wildman–Crippen MR) is 79.8 cm³/mol. The molecule has 0 aliphatic carbocycles. The molecular weight excluding hydrogens is 268 g/mol. The van der Waals surface area contributed by atoms with Crippen LogP contribution in [0.2, 0.25) is 0 Å². The Morgan fingerprint density at radius 2 is 2.14 bits per heavy atom. The van der Waals surface area contributed by atoms with Crippen LogP contribution in [-0.4, -0.2) is 42.8 Å². The fourth-order valence-corrected chi connectivity index (χ4v) is 2.87. The Morgan fingerprint density at radius 1 is 1.33 bits per heavy atom. The van der Waals surface area contributed by atoms with Crippen LogP contribution in [0.5, 0.6) is 11.5 Å². The first-order valence-electron chi connectivity index (χ1n) is 7.67. The van der Waals surface area contributed by atoms with Crippen LogP contribution in [-0.2, 0) is 0 Å². The third-order valence-corrected chi connectivity index (χ3v) is 4.11. The van der Waals surface area contributed by atoms with Crippen LogP contribution in [0.25, 0.3) is 0 Å². The molecule has 1 N–H and O–H groups in total. The molecule has 1 fully saturated rings. The summed E-state index contributed by atoms with van der Waals surface area (Å²) in [5, 5.41) is 2.97. The average Bonchev–Trinajstić information content (AvgIpc) is 2.53. The van der Waals surface area contributed by atoms with Crippen LogP contribution in [0.3, 0.4) is 0 Å². The number of hydrogen-bond donors (Lipinski definition) is 1. The number of rotatable bonds is 2. The van der Waals surface area contributed by atoms with Crippen LogP contribution >= 0.6 is 0 Å². The summed E-state index contributed by atoms with van der Waals surface area (Å²) in [4.78, 5) is 14.1. The van der Waals surface area contributed by atoms with Crippen molar-refractivity contribution in [2.24, 2.45) is 0 Å². The minimum Gasteiger partial charge on any atom is -0.486 e. The number of para-hydroxylation sites is 2. The van der Waals surface area contributed by atoms with Gasteiger partial charge in [-0.3, -0.25) is 0 Å². The Labute approximate surface area is 125 Å². The van der Waals surface area contributed by atoms with Crippen molar-refractivity contribution in [2.75, 3.05) is 19.7 Å². The number of fused-ring (bicyclic) bond motifs is 1. The Kier molecular flexibility index (Phi) is 4.18. The summed E-state index contributed by atoms with van der Waals surface area (Å²) in [6.07, 6.45) is 3.25. The average molecular weight is 290 g/mol. The molecule has 1 aromatic carbocycles. The van der Waals surface area contributed by atoms with Crippen molar-refractivity contribution in [1.29, 1.82) is 0 Å². The molecule has 2 amide bonds. The Morgan fingerprint density at radius 3 is 2.95 bits per heavy atom. The fourth-order valence-electron chi connectivity index (χ4n) is 2.87. The van der Waals surface area contributed by atoms with E-state index in [2.05, 4.69) is 12.2 Å². The van der Waals surface area contributed by atoms with Crippen molar-refractivity contribution in [2.45, 2.75) is 38.3 Å². The number of likely N-dealkylation sites (tertiary alicyclic amines) is 1. The fraction of sp³-hybridized carbons (Fsp3) is 0.562. The molecule has 1 saturated heterocycles. The van der Waals surface area contributed by atoms with Crippen molar-refractivity contribution in [3.05, 3.63) is 24.3 Å². The molecule has 114 valence electrons. The number of carbonyl (C=O) groups is 1. The van der Waals surface area contributed by atoms with Gasteiger partial charge in [0, 0.05) is 12.6 Å². The summed E-state index contributed by atoms with van der Waals surface area (Å²) in [5.41, 5.74) is 0. The largest absolute Gasteiger partial charge is 0.486 e. The number of benzene rings is 1. The number of amides is 2. The van der Waals surface area contributed by atoms with Gasteiger partial charge in [-0.2, -0.15) is 0 Å². The molecule has 2 aliphatic rings. The number of piperidine rings is 1. The van der Waals surface area contributed by atoms with Gasteiger partial charge in [0.05, 0.1) is 6.54 Å². The first-order valence-corrected chi connectivity index (χ1v) is 7.67. The quantitative estimate of drug-likeness (QED) is 0.910. The standard InChI is InChI=1S/C16H22N2O3/c1-12-6-4-5-9-18(12)16(19)17-10-13-11-20-14-7-2-3-8-15(14)21-13/h2-3,7-8,12-13H,4-6,9-11H2,1H3,(H,17,19). The van der Waals surface area contributed by atoms with E-state index in [0.717, 1.165) is 30.9 Å². The van der Waals surface area contributed by atoms with Gasteiger partial charge in [-0.25, -0.2) is 4.79 Å². The lowest BCUT2D eigenvalue weighted by Gasteiger charge is -2.34. The zero-order chi connectivity index (χ0) is 14.7. The van der Waals surface area contributed by atoms with E-state index in [9.17, 15) is 4.79 Å². The number of ether oxygens (including phenoxy) is 2. The highest BCUT2D eigenvalue weighted by Gasteiger charge is 2.25. The van der Waals surface area contributed by atoms with Gasteiger partial charge in [-0.15, -0.1) is 0 Å². The van der Waals surface area contributed by atoms with Crippen molar-refractivity contribution < 1.29 is 14.3 Å². The van der Waals surface area contributed by atoms with Crippen LogP contribution in [0.1, 0.15) is 26.2 Å². The summed E-state index contributed by atoms with van der Waals surface area (Å²) < 4.78 is 11.5. The Balaban J connectivity index is 1.51. The topological polar surface area (TPSA) is 50.8 Å². The maximum absolute atomic E-state index is 12.2. The summed E-state index contributed by atoms with van der Waals surface area (Å²) in [6.45, 7) is 3.89. The zero-order valence-electron chi connectivity index (χ0n) is 12.4. The molecule has 0 saturated carbocycles. The SMILES string of the molecule is CC1CCCCN1C(=O)NCC1COc2ccccc2O1. The first-order chi connectivity index (χ1) is 10.2. The second kappa shape index (κ2) is 6.24. The maximum Gasteiger partial charge on any atom is 0.317 e. The van der Waals surface area contributed by atoms with Crippen LogP contribution < -0.4 is 14.8 Å². The lowest BCUT2D eigenvalue weighted by atomic mass is 10.0. The van der Waals surface area contributed by atoms with E-state index in [4.69, 9.17) is 9.47 Å². The van der Waals surface area contributed by atoms with Gasteiger partial charge in [0.25, 0.3) is 0 Å². The van der Waals surface area contributed by atoms with E-state index in [1.54, 1.807) is 0 Å². The van der Waals surface area contributed by atoms with E-state index in [-0.39, 0.29) is 12.1 Å². The van der Waals surface area contributed by atoms with Crippen LogP contribution in [0.15, 0.2) is 24.3 Å². The van der Waals surface area contributed by atoms with Crippen LogP contribution in [0, 0.1) is 0 Å². The van der Waals surface area contributed by atoms with Crippen molar-refractivity contribution in [1.82, 2.24) is 10.2 Å². The van der Waals surface area contributed by atoms with Crippen molar-refractivity contribution in [3.63, 3.8) is 0 Å².